The lowest BCUT2D eigenvalue weighted by atomic mass is 10.0. The van der Waals surface area contributed by atoms with Gasteiger partial charge in [-0.3, -0.25) is 9.48 Å². The van der Waals surface area contributed by atoms with E-state index >= 15 is 0 Å². The van der Waals surface area contributed by atoms with Crippen molar-refractivity contribution in [2.45, 2.75) is 19.3 Å². The van der Waals surface area contributed by atoms with Crippen molar-refractivity contribution in [3.63, 3.8) is 0 Å². The molecule has 0 bridgehead atoms. The first-order valence-electron chi connectivity index (χ1n) is 7.42. The second-order valence-corrected chi connectivity index (χ2v) is 5.83. The molecule has 1 amide bonds. The highest BCUT2D eigenvalue weighted by Gasteiger charge is 2.12. The summed E-state index contributed by atoms with van der Waals surface area (Å²) in [4.78, 5) is 16.4. The molecular weight excluding hydrogens is 312 g/mol. The van der Waals surface area contributed by atoms with Crippen LogP contribution in [0.1, 0.15) is 19.3 Å². The zero-order chi connectivity index (χ0) is 16.2. The normalized spacial score (nSPS) is 14.2. The summed E-state index contributed by atoms with van der Waals surface area (Å²) in [6, 6.07) is 3.69. The molecule has 0 fully saturated rings. The summed E-state index contributed by atoms with van der Waals surface area (Å²) >= 11 is 6.11. The highest BCUT2D eigenvalue weighted by Crippen LogP contribution is 2.25. The quantitative estimate of drug-likeness (QED) is 0.931. The molecule has 0 saturated heterocycles. The van der Waals surface area contributed by atoms with Crippen LogP contribution < -0.4 is 5.32 Å². The largest absolute Gasteiger partial charge is 0.310 e. The molecule has 23 heavy (non-hydrogen) atoms. The number of amides is 1. The number of pyridine rings is 1. The highest BCUT2D eigenvalue weighted by atomic mass is 35.5. The number of nitrogens with zero attached hydrogens (tertiary/aromatic N) is 3. The van der Waals surface area contributed by atoms with E-state index in [0.29, 0.717) is 10.9 Å². The minimum atomic E-state index is -0.119. The number of aromatic nitrogens is 3. The molecule has 0 aromatic carbocycles. The molecule has 5 nitrogen and oxygen atoms in total. The van der Waals surface area contributed by atoms with E-state index in [4.69, 9.17) is 11.6 Å². The van der Waals surface area contributed by atoms with Crippen molar-refractivity contribution in [2.24, 2.45) is 7.05 Å². The van der Waals surface area contributed by atoms with Gasteiger partial charge in [-0.15, -0.1) is 0 Å². The Balaban J connectivity index is 1.63. The van der Waals surface area contributed by atoms with Gasteiger partial charge in [0, 0.05) is 35.6 Å². The van der Waals surface area contributed by atoms with E-state index in [2.05, 4.69) is 15.4 Å². The standard InChI is InChI=1S/C17H17ClN4O/c1-22-11-14(10-20-22)13-6-7-16(19-9-13)21-17(23)8-12-4-2-3-5-15(12)18/h4-7,9-11H,2-3,8H2,1H3,(H,19,21,23). The third-order valence-electron chi connectivity index (χ3n) is 3.61. The minimum absolute atomic E-state index is 0.119. The van der Waals surface area contributed by atoms with E-state index in [-0.39, 0.29) is 12.3 Å². The molecule has 2 heterocycles. The summed E-state index contributed by atoms with van der Waals surface area (Å²) < 4.78 is 1.74. The van der Waals surface area contributed by atoms with Crippen molar-refractivity contribution in [1.82, 2.24) is 14.8 Å². The number of halogens is 1. The van der Waals surface area contributed by atoms with Gasteiger partial charge in [0.1, 0.15) is 5.82 Å². The lowest BCUT2D eigenvalue weighted by Crippen LogP contribution is -2.13. The van der Waals surface area contributed by atoms with Gasteiger partial charge in [0.05, 0.1) is 12.6 Å². The van der Waals surface area contributed by atoms with Gasteiger partial charge in [0.25, 0.3) is 0 Å². The molecule has 0 radical (unpaired) electrons. The number of rotatable bonds is 4. The maximum atomic E-state index is 12.1. The molecule has 6 heteroatoms. The van der Waals surface area contributed by atoms with Crippen molar-refractivity contribution in [1.29, 1.82) is 0 Å². The molecule has 3 rings (SSSR count). The van der Waals surface area contributed by atoms with E-state index < -0.39 is 0 Å². The third-order valence-corrected chi connectivity index (χ3v) is 4.00. The van der Waals surface area contributed by atoms with Gasteiger partial charge in [-0.25, -0.2) is 4.98 Å². The topological polar surface area (TPSA) is 59.8 Å². The van der Waals surface area contributed by atoms with Crippen LogP contribution in [0.4, 0.5) is 5.82 Å². The molecule has 0 atom stereocenters. The summed E-state index contributed by atoms with van der Waals surface area (Å²) in [5.41, 5.74) is 2.82. The summed E-state index contributed by atoms with van der Waals surface area (Å²) in [5, 5.41) is 7.60. The van der Waals surface area contributed by atoms with Gasteiger partial charge >= 0.3 is 0 Å². The number of anilines is 1. The maximum absolute atomic E-state index is 12.1. The number of hydrogen-bond donors (Lipinski definition) is 1. The van der Waals surface area contributed by atoms with Crippen LogP contribution in [0.15, 0.2) is 53.5 Å². The Morgan fingerprint density at radius 1 is 1.26 bits per heavy atom. The average Bonchev–Trinajstić information content (AvgIpc) is 2.97. The SMILES string of the molecule is Cn1cc(-c2ccc(NC(=O)CC3=CCCC=C3Cl)nc2)cn1. The van der Waals surface area contributed by atoms with Crippen LogP contribution >= 0.6 is 11.6 Å². The molecule has 1 aliphatic carbocycles. The monoisotopic (exact) mass is 328 g/mol. The molecule has 2 aromatic rings. The summed E-state index contributed by atoms with van der Waals surface area (Å²) in [7, 11) is 1.87. The zero-order valence-corrected chi connectivity index (χ0v) is 13.5. The van der Waals surface area contributed by atoms with Crippen molar-refractivity contribution in [3.8, 4) is 11.1 Å². The first-order valence-corrected chi connectivity index (χ1v) is 7.79. The van der Waals surface area contributed by atoms with Gasteiger partial charge in [-0.2, -0.15) is 5.10 Å². The van der Waals surface area contributed by atoms with E-state index in [1.54, 1.807) is 23.1 Å². The predicted molar refractivity (Wildman–Crippen MR) is 90.9 cm³/mol. The van der Waals surface area contributed by atoms with Crippen LogP contribution in [0.3, 0.4) is 0 Å². The number of carbonyl (C=O) groups is 1. The Kier molecular flexibility index (Phi) is 4.57. The van der Waals surface area contributed by atoms with Gasteiger partial charge in [-0.05, 0) is 30.5 Å². The molecule has 0 saturated carbocycles. The molecule has 0 aliphatic heterocycles. The van der Waals surface area contributed by atoms with E-state index in [1.165, 1.54) is 0 Å². The van der Waals surface area contributed by atoms with Crippen molar-refractivity contribution < 1.29 is 4.79 Å². The fourth-order valence-corrected chi connectivity index (χ4v) is 2.67. The third kappa shape index (κ3) is 3.87. The van der Waals surface area contributed by atoms with Crippen molar-refractivity contribution in [2.75, 3.05) is 5.32 Å². The lowest BCUT2D eigenvalue weighted by molar-refractivity contribution is -0.115. The minimum Gasteiger partial charge on any atom is -0.310 e. The molecule has 2 aromatic heterocycles. The van der Waals surface area contributed by atoms with Crippen molar-refractivity contribution in [3.05, 3.63) is 53.5 Å². The first-order chi connectivity index (χ1) is 11.1. The number of allylic oxidation sites excluding steroid dienone is 3. The molecule has 0 unspecified atom stereocenters. The summed E-state index contributed by atoms with van der Waals surface area (Å²) in [6.45, 7) is 0. The fourth-order valence-electron chi connectivity index (χ4n) is 2.42. The van der Waals surface area contributed by atoms with Gasteiger partial charge in [0.15, 0.2) is 0 Å². The smallest absolute Gasteiger partial charge is 0.229 e. The Bertz CT molecular complexity index is 774. The Morgan fingerprint density at radius 2 is 2.09 bits per heavy atom. The van der Waals surface area contributed by atoms with E-state index in [1.807, 2.05) is 31.5 Å². The Hall–Kier alpha value is -2.40. The fraction of sp³-hybridized carbons (Fsp3) is 0.235. The Morgan fingerprint density at radius 3 is 2.74 bits per heavy atom. The van der Waals surface area contributed by atoms with E-state index in [9.17, 15) is 4.79 Å². The van der Waals surface area contributed by atoms with Crippen LogP contribution in [-0.4, -0.2) is 20.7 Å². The number of hydrogen-bond acceptors (Lipinski definition) is 3. The number of carbonyl (C=O) groups excluding carboxylic acids is 1. The predicted octanol–water partition coefficient (Wildman–Crippen LogP) is 3.65. The molecule has 0 spiro atoms. The lowest BCUT2D eigenvalue weighted by Gasteiger charge is -2.11. The second-order valence-electron chi connectivity index (χ2n) is 5.42. The van der Waals surface area contributed by atoms with Crippen LogP contribution in [0, 0.1) is 0 Å². The maximum Gasteiger partial charge on any atom is 0.229 e. The zero-order valence-electron chi connectivity index (χ0n) is 12.8. The molecule has 118 valence electrons. The van der Waals surface area contributed by atoms with Crippen LogP contribution in [0.25, 0.3) is 11.1 Å². The molecule has 1 aliphatic rings. The van der Waals surface area contributed by atoms with Crippen LogP contribution in [0.2, 0.25) is 0 Å². The second kappa shape index (κ2) is 6.79. The van der Waals surface area contributed by atoms with Crippen LogP contribution in [0.5, 0.6) is 0 Å². The van der Waals surface area contributed by atoms with Gasteiger partial charge in [0.2, 0.25) is 5.91 Å². The van der Waals surface area contributed by atoms with Crippen molar-refractivity contribution >= 4 is 23.3 Å². The number of nitrogens with one attached hydrogen (secondary N) is 1. The summed E-state index contributed by atoms with van der Waals surface area (Å²) in [5.74, 6) is 0.408. The first kappa shape index (κ1) is 15.5. The highest BCUT2D eigenvalue weighted by molar-refractivity contribution is 6.32. The van der Waals surface area contributed by atoms with E-state index in [0.717, 1.165) is 29.5 Å². The van der Waals surface area contributed by atoms with Gasteiger partial charge < -0.3 is 5.32 Å². The molecule has 1 N–H and O–H groups in total. The Labute approximate surface area is 139 Å². The number of aryl methyl sites for hydroxylation is 1. The average molecular weight is 329 g/mol. The summed E-state index contributed by atoms with van der Waals surface area (Å²) in [6.07, 6.45) is 11.5. The van der Waals surface area contributed by atoms with Gasteiger partial charge in [-0.1, -0.05) is 23.8 Å². The van der Waals surface area contributed by atoms with Crippen LogP contribution in [-0.2, 0) is 11.8 Å². The molecular formula is C17H17ClN4O.